The number of carbonyl (C=O) groups excluding carboxylic acids is 1. The van der Waals surface area contributed by atoms with Gasteiger partial charge in [0.1, 0.15) is 18.1 Å². The summed E-state index contributed by atoms with van der Waals surface area (Å²) in [4.78, 5) is 18.7. The van der Waals surface area contributed by atoms with Crippen molar-refractivity contribution in [3.63, 3.8) is 0 Å². The highest BCUT2D eigenvalue weighted by Gasteiger charge is 2.28. The Morgan fingerprint density at radius 2 is 2.03 bits per heavy atom. The van der Waals surface area contributed by atoms with Crippen molar-refractivity contribution in [2.75, 3.05) is 26.3 Å². The molecule has 0 radical (unpaired) electrons. The average molecular weight is 434 g/mol. The summed E-state index contributed by atoms with van der Waals surface area (Å²) >= 11 is 0. The van der Waals surface area contributed by atoms with Crippen molar-refractivity contribution in [2.24, 2.45) is 5.92 Å². The molecule has 2 atom stereocenters. The van der Waals surface area contributed by atoms with E-state index in [9.17, 15) is 4.79 Å². The molecule has 1 aromatic carbocycles. The molecule has 8 heteroatoms. The Hall–Kier alpha value is -3.13. The van der Waals surface area contributed by atoms with Gasteiger partial charge in [0.05, 0.1) is 12.1 Å². The lowest BCUT2D eigenvalue weighted by Crippen LogP contribution is -2.30. The smallest absolute Gasteiger partial charge is 0.410 e. The summed E-state index contributed by atoms with van der Waals surface area (Å²) in [5, 5.41) is 5.98. The average Bonchev–Trinajstić information content (AvgIpc) is 3.46. The third-order valence-corrected chi connectivity index (χ3v) is 6.57. The first-order valence-corrected chi connectivity index (χ1v) is 11.4. The van der Waals surface area contributed by atoms with E-state index in [2.05, 4.69) is 17.1 Å². The van der Waals surface area contributed by atoms with Crippen LogP contribution in [-0.2, 0) is 16.1 Å². The standard InChI is InChI=1S/C24H26N4O4/c29-24-27-7-6-16(13-27)14-31-19-4-5-21-20(10-19)23(18-9-17(15-32-24)11-25-12-18)26-28(21)22-3-1-2-8-30-22/h4-5,9-12,16,22H,1-3,6-8,13-15H2. The third kappa shape index (κ3) is 3.58. The molecule has 32 heavy (non-hydrogen) atoms. The summed E-state index contributed by atoms with van der Waals surface area (Å²) in [6, 6.07) is 8.13. The molecule has 6 rings (SSSR count). The van der Waals surface area contributed by atoms with E-state index in [1.165, 1.54) is 0 Å². The molecule has 2 aromatic heterocycles. The van der Waals surface area contributed by atoms with Crippen LogP contribution in [-0.4, -0.2) is 52.1 Å². The van der Waals surface area contributed by atoms with Gasteiger partial charge in [0, 0.05) is 54.5 Å². The van der Waals surface area contributed by atoms with E-state index in [0.717, 1.165) is 65.8 Å². The number of pyridine rings is 1. The summed E-state index contributed by atoms with van der Waals surface area (Å²) in [5.74, 6) is 1.10. The van der Waals surface area contributed by atoms with E-state index in [4.69, 9.17) is 19.3 Å². The highest BCUT2D eigenvalue weighted by atomic mass is 16.6. The minimum Gasteiger partial charge on any atom is -0.493 e. The van der Waals surface area contributed by atoms with Crippen LogP contribution in [0.15, 0.2) is 36.7 Å². The summed E-state index contributed by atoms with van der Waals surface area (Å²) in [5.41, 5.74) is 3.57. The van der Waals surface area contributed by atoms with Gasteiger partial charge in [-0.25, -0.2) is 9.48 Å². The van der Waals surface area contributed by atoms with Crippen LogP contribution < -0.4 is 4.74 Å². The zero-order chi connectivity index (χ0) is 21.5. The molecule has 5 heterocycles. The van der Waals surface area contributed by atoms with Gasteiger partial charge in [-0.2, -0.15) is 5.10 Å². The molecular formula is C24H26N4O4. The molecule has 0 N–H and O–H groups in total. The number of hydrogen-bond acceptors (Lipinski definition) is 6. The van der Waals surface area contributed by atoms with Crippen LogP contribution in [0, 0.1) is 5.92 Å². The topological polar surface area (TPSA) is 78.7 Å². The highest BCUT2D eigenvalue weighted by molar-refractivity contribution is 5.94. The minimum absolute atomic E-state index is 0.0704. The van der Waals surface area contributed by atoms with Crippen molar-refractivity contribution in [2.45, 2.75) is 38.5 Å². The molecular weight excluding hydrogens is 408 g/mol. The van der Waals surface area contributed by atoms with Gasteiger partial charge in [-0.3, -0.25) is 4.98 Å². The predicted octanol–water partition coefficient (Wildman–Crippen LogP) is 4.15. The van der Waals surface area contributed by atoms with Crippen molar-refractivity contribution < 1.29 is 19.0 Å². The Morgan fingerprint density at radius 3 is 2.94 bits per heavy atom. The lowest BCUT2D eigenvalue weighted by molar-refractivity contribution is -0.0365. The summed E-state index contributed by atoms with van der Waals surface area (Å²) in [7, 11) is 0. The Labute approximate surface area is 186 Å². The maximum Gasteiger partial charge on any atom is 0.410 e. The molecule has 3 aromatic rings. The first-order chi connectivity index (χ1) is 15.7. The number of amides is 1. The molecule has 2 fully saturated rings. The molecule has 3 aliphatic rings. The number of fused-ring (bicyclic) bond motifs is 6. The van der Waals surface area contributed by atoms with Crippen molar-refractivity contribution >= 4 is 17.0 Å². The van der Waals surface area contributed by atoms with Gasteiger partial charge in [0.15, 0.2) is 6.23 Å². The van der Waals surface area contributed by atoms with E-state index in [-0.39, 0.29) is 18.9 Å². The van der Waals surface area contributed by atoms with Crippen LogP contribution in [0.1, 0.15) is 37.5 Å². The van der Waals surface area contributed by atoms with Gasteiger partial charge in [-0.15, -0.1) is 0 Å². The van der Waals surface area contributed by atoms with Crippen LogP contribution in [0.4, 0.5) is 4.79 Å². The SMILES string of the molecule is O=C1OCc2cncc(c2)-c2nn(C3CCCCO3)c3ccc(cc23)OCC2CCN1C2. The number of carbonyl (C=O) groups is 1. The fraction of sp³-hybridized carbons (Fsp3) is 0.458. The predicted molar refractivity (Wildman–Crippen MR) is 117 cm³/mol. The highest BCUT2D eigenvalue weighted by Crippen LogP contribution is 2.35. The fourth-order valence-corrected chi connectivity index (χ4v) is 4.84. The molecule has 1 amide bonds. The molecule has 2 unspecified atom stereocenters. The van der Waals surface area contributed by atoms with E-state index in [1.807, 2.05) is 16.8 Å². The summed E-state index contributed by atoms with van der Waals surface area (Å²) < 4.78 is 19.8. The molecule has 0 saturated carbocycles. The third-order valence-electron chi connectivity index (χ3n) is 6.57. The Morgan fingerprint density at radius 1 is 1.06 bits per heavy atom. The number of aromatic nitrogens is 3. The first-order valence-electron chi connectivity index (χ1n) is 11.4. The largest absolute Gasteiger partial charge is 0.493 e. The minimum atomic E-state index is -0.283. The monoisotopic (exact) mass is 434 g/mol. The fourth-order valence-electron chi connectivity index (χ4n) is 4.84. The van der Waals surface area contributed by atoms with Crippen molar-refractivity contribution in [1.82, 2.24) is 19.7 Å². The Kier molecular flexibility index (Phi) is 4.94. The van der Waals surface area contributed by atoms with E-state index in [1.54, 1.807) is 17.3 Å². The normalized spacial score (nSPS) is 23.5. The maximum atomic E-state index is 12.5. The molecule has 0 spiro atoms. The second-order valence-electron chi connectivity index (χ2n) is 8.84. The number of hydrogen-bond donors (Lipinski definition) is 0. The summed E-state index contributed by atoms with van der Waals surface area (Å²) in [6.07, 6.45) is 7.26. The van der Waals surface area contributed by atoms with Crippen molar-refractivity contribution in [3.05, 3.63) is 42.2 Å². The number of ether oxygens (including phenoxy) is 3. The molecule has 6 bridgehead atoms. The maximum absolute atomic E-state index is 12.5. The van der Waals surface area contributed by atoms with Gasteiger partial charge in [0.25, 0.3) is 0 Å². The Bertz CT molecular complexity index is 1150. The van der Waals surface area contributed by atoms with Gasteiger partial charge >= 0.3 is 6.09 Å². The second kappa shape index (κ2) is 8.09. The van der Waals surface area contributed by atoms with Crippen molar-refractivity contribution in [1.29, 1.82) is 0 Å². The van der Waals surface area contributed by atoms with Crippen LogP contribution >= 0.6 is 0 Å². The van der Waals surface area contributed by atoms with Crippen LogP contribution in [0.5, 0.6) is 5.75 Å². The zero-order valence-corrected chi connectivity index (χ0v) is 17.9. The van der Waals surface area contributed by atoms with E-state index in [0.29, 0.717) is 25.6 Å². The van der Waals surface area contributed by atoms with E-state index < -0.39 is 0 Å². The summed E-state index contributed by atoms with van der Waals surface area (Å²) in [6.45, 7) is 2.86. The van der Waals surface area contributed by atoms with Crippen molar-refractivity contribution in [3.8, 4) is 17.0 Å². The molecule has 8 nitrogen and oxygen atoms in total. The second-order valence-corrected chi connectivity index (χ2v) is 8.84. The van der Waals surface area contributed by atoms with Gasteiger partial charge in [0.2, 0.25) is 0 Å². The lowest BCUT2D eigenvalue weighted by atomic mass is 10.1. The number of rotatable bonds is 1. The quantitative estimate of drug-likeness (QED) is 0.573. The first kappa shape index (κ1) is 19.5. The van der Waals surface area contributed by atoms with Gasteiger partial charge in [-0.1, -0.05) is 0 Å². The van der Waals surface area contributed by atoms with E-state index >= 15 is 0 Å². The zero-order valence-electron chi connectivity index (χ0n) is 17.9. The number of cyclic esters (lactones) is 1. The molecule has 0 aliphatic carbocycles. The van der Waals surface area contributed by atoms with Crippen LogP contribution in [0.3, 0.4) is 0 Å². The van der Waals surface area contributed by atoms with Crippen LogP contribution in [0.2, 0.25) is 0 Å². The van der Waals surface area contributed by atoms with Gasteiger partial charge in [-0.05, 0) is 49.9 Å². The van der Waals surface area contributed by atoms with Crippen LogP contribution in [0.25, 0.3) is 22.2 Å². The Balaban J connectivity index is 1.46. The molecule has 2 saturated heterocycles. The number of benzene rings is 1. The molecule has 166 valence electrons. The lowest BCUT2D eigenvalue weighted by Gasteiger charge is -2.23. The number of nitrogens with zero attached hydrogens (tertiary/aromatic N) is 4. The van der Waals surface area contributed by atoms with Gasteiger partial charge < -0.3 is 19.1 Å². The molecule has 3 aliphatic heterocycles.